The zero-order chi connectivity index (χ0) is 20.9. The molecule has 1 aliphatic heterocycles. The number of rotatable bonds is 6. The first-order valence-electron chi connectivity index (χ1n) is 9.13. The molecule has 1 aromatic rings. The Morgan fingerprint density at radius 3 is 2.57 bits per heavy atom. The minimum atomic E-state index is -4.52. The van der Waals surface area contributed by atoms with Crippen LogP contribution in [0.2, 0.25) is 0 Å². The first-order valence-corrected chi connectivity index (χ1v) is 9.13. The third-order valence-corrected chi connectivity index (χ3v) is 4.88. The van der Waals surface area contributed by atoms with Crippen molar-refractivity contribution < 1.29 is 31.1 Å². The molecule has 0 saturated carbocycles. The van der Waals surface area contributed by atoms with E-state index in [2.05, 4.69) is 4.90 Å². The normalized spacial score (nSPS) is 18.9. The van der Waals surface area contributed by atoms with Gasteiger partial charge in [0.2, 0.25) is 5.91 Å². The number of hydrogen-bond acceptors (Lipinski definition) is 2. The van der Waals surface area contributed by atoms with Gasteiger partial charge in [0.25, 0.3) is 0 Å². The summed E-state index contributed by atoms with van der Waals surface area (Å²) >= 11 is 0. The summed E-state index contributed by atoms with van der Waals surface area (Å²) in [5, 5.41) is 0. The predicted molar refractivity (Wildman–Crippen MR) is 92.6 cm³/mol. The number of halogens is 6. The van der Waals surface area contributed by atoms with Crippen molar-refractivity contribution in [2.75, 3.05) is 33.2 Å². The molecule has 0 radical (unpaired) electrons. The number of hydrogen-bond donors (Lipinski definition) is 0. The lowest BCUT2D eigenvalue weighted by molar-refractivity contribution is -0.161. The van der Waals surface area contributed by atoms with Gasteiger partial charge < -0.3 is 9.80 Å². The van der Waals surface area contributed by atoms with E-state index in [1.54, 1.807) is 6.07 Å². The summed E-state index contributed by atoms with van der Waals surface area (Å²) in [6, 6.07) is 5.22. The molecule has 0 unspecified atom stereocenters. The van der Waals surface area contributed by atoms with Gasteiger partial charge in [-0.15, -0.1) is 0 Å². The molecule has 158 valence electrons. The van der Waals surface area contributed by atoms with Gasteiger partial charge >= 0.3 is 12.4 Å². The smallest absolute Gasteiger partial charge is 0.345 e. The highest BCUT2D eigenvalue weighted by molar-refractivity contribution is 5.76. The summed E-state index contributed by atoms with van der Waals surface area (Å²) in [6.07, 6.45) is -8.25. The van der Waals surface area contributed by atoms with Crippen LogP contribution >= 0.6 is 0 Å². The molecule has 0 aromatic heterocycles. The molecule has 1 aromatic carbocycles. The number of benzene rings is 1. The maximum Gasteiger partial charge on any atom is 0.416 e. The van der Waals surface area contributed by atoms with Crippen LogP contribution in [-0.2, 0) is 17.4 Å². The van der Waals surface area contributed by atoms with Crippen LogP contribution in [0.15, 0.2) is 24.3 Å². The van der Waals surface area contributed by atoms with Gasteiger partial charge in [-0.3, -0.25) is 4.79 Å². The molecule has 2 rings (SSSR count). The Labute approximate surface area is 160 Å². The quantitative estimate of drug-likeness (QED) is 0.651. The van der Waals surface area contributed by atoms with Crippen LogP contribution in [0.25, 0.3) is 0 Å². The maximum absolute atomic E-state index is 12.8. The van der Waals surface area contributed by atoms with Crippen molar-refractivity contribution in [2.45, 2.75) is 38.0 Å². The molecule has 1 saturated heterocycles. The standard InChI is InChI=1S/C19H24F6N2O/c1-26(17(28)11-18(20,21)22)12-15-5-3-8-27(13-15)9-7-14-4-2-6-16(10-14)19(23,24)25/h2,4,6,10,15H,3,5,7-9,11-13H2,1H3/t15-/m1/s1. The van der Waals surface area contributed by atoms with Crippen molar-refractivity contribution in [1.82, 2.24) is 9.80 Å². The Morgan fingerprint density at radius 1 is 1.21 bits per heavy atom. The van der Waals surface area contributed by atoms with Crippen LogP contribution in [0.4, 0.5) is 26.3 Å². The minimum absolute atomic E-state index is 0.0532. The Hall–Kier alpha value is -1.77. The highest BCUT2D eigenvalue weighted by Crippen LogP contribution is 2.29. The lowest BCUT2D eigenvalue weighted by Crippen LogP contribution is -2.42. The van der Waals surface area contributed by atoms with Crippen LogP contribution in [0, 0.1) is 5.92 Å². The molecular weight excluding hydrogens is 386 g/mol. The van der Waals surface area contributed by atoms with Crippen LogP contribution in [0.5, 0.6) is 0 Å². The van der Waals surface area contributed by atoms with Crippen LogP contribution < -0.4 is 0 Å². The molecular formula is C19H24F6N2O. The van der Waals surface area contributed by atoms with E-state index in [1.807, 2.05) is 0 Å². The van der Waals surface area contributed by atoms with Crippen molar-refractivity contribution in [1.29, 1.82) is 0 Å². The molecule has 1 amide bonds. The molecule has 9 heteroatoms. The lowest BCUT2D eigenvalue weighted by atomic mass is 9.97. The fourth-order valence-electron chi connectivity index (χ4n) is 3.49. The molecule has 1 fully saturated rings. The minimum Gasteiger partial charge on any atom is -0.345 e. The van der Waals surface area contributed by atoms with Gasteiger partial charge in [0.1, 0.15) is 6.42 Å². The van der Waals surface area contributed by atoms with Gasteiger partial charge in [-0.25, -0.2) is 0 Å². The molecule has 1 aliphatic rings. The first-order chi connectivity index (χ1) is 12.9. The number of carbonyl (C=O) groups excluding carboxylic acids is 1. The van der Waals surface area contributed by atoms with Crippen molar-refractivity contribution >= 4 is 5.91 Å². The van der Waals surface area contributed by atoms with Crippen molar-refractivity contribution in [2.24, 2.45) is 5.92 Å². The third kappa shape index (κ3) is 7.33. The summed E-state index contributed by atoms with van der Waals surface area (Å²) in [7, 11) is 1.37. The summed E-state index contributed by atoms with van der Waals surface area (Å²) in [4.78, 5) is 14.9. The summed E-state index contributed by atoms with van der Waals surface area (Å²) in [5.41, 5.74) is -0.0826. The number of amides is 1. The summed E-state index contributed by atoms with van der Waals surface area (Å²) < 4.78 is 75.4. The molecule has 0 N–H and O–H groups in total. The molecule has 1 atom stereocenters. The third-order valence-electron chi connectivity index (χ3n) is 4.88. The molecule has 0 aliphatic carbocycles. The fourth-order valence-corrected chi connectivity index (χ4v) is 3.49. The molecule has 1 heterocycles. The number of carbonyl (C=O) groups is 1. The molecule has 0 spiro atoms. The lowest BCUT2D eigenvalue weighted by Gasteiger charge is -2.34. The second kappa shape index (κ2) is 9.15. The SMILES string of the molecule is CN(C[C@H]1CCCN(CCc2cccc(C(F)(F)F)c2)C1)C(=O)CC(F)(F)F. The predicted octanol–water partition coefficient (Wildman–Crippen LogP) is 4.37. The van der Waals surface area contributed by atoms with E-state index in [0.29, 0.717) is 25.1 Å². The van der Waals surface area contributed by atoms with E-state index < -0.39 is 30.2 Å². The van der Waals surface area contributed by atoms with Crippen molar-refractivity contribution in [3.63, 3.8) is 0 Å². The number of nitrogens with zero attached hydrogens (tertiary/aromatic N) is 2. The number of likely N-dealkylation sites (tertiary alicyclic amines) is 1. The average molecular weight is 410 g/mol. The van der Waals surface area contributed by atoms with E-state index in [4.69, 9.17) is 0 Å². The molecule has 28 heavy (non-hydrogen) atoms. The molecule has 0 bridgehead atoms. The van der Waals surface area contributed by atoms with E-state index >= 15 is 0 Å². The van der Waals surface area contributed by atoms with Crippen molar-refractivity contribution in [3.8, 4) is 0 Å². The van der Waals surface area contributed by atoms with Gasteiger partial charge in [-0.1, -0.05) is 18.2 Å². The van der Waals surface area contributed by atoms with E-state index in [9.17, 15) is 31.1 Å². The van der Waals surface area contributed by atoms with Gasteiger partial charge in [0.15, 0.2) is 0 Å². The number of piperidine rings is 1. The van der Waals surface area contributed by atoms with E-state index in [-0.39, 0.29) is 12.5 Å². The van der Waals surface area contributed by atoms with Crippen LogP contribution in [-0.4, -0.2) is 55.1 Å². The Morgan fingerprint density at radius 2 is 1.93 bits per heavy atom. The Bertz CT molecular complexity index is 659. The highest BCUT2D eigenvalue weighted by Gasteiger charge is 2.33. The second-order valence-corrected chi connectivity index (χ2v) is 7.32. The molecule has 3 nitrogen and oxygen atoms in total. The summed E-state index contributed by atoms with van der Waals surface area (Å²) in [5.74, 6) is -0.897. The fraction of sp³-hybridized carbons (Fsp3) is 0.632. The highest BCUT2D eigenvalue weighted by atomic mass is 19.4. The second-order valence-electron chi connectivity index (χ2n) is 7.32. The Kier molecular flexibility index (Phi) is 7.36. The van der Waals surface area contributed by atoms with E-state index in [1.165, 1.54) is 13.1 Å². The van der Waals surface area contributed by atoms with Crippen LogP contribution in [0.1, 0.15) is 30.4 Å². The van der Waals surface area contributed by atoms with Gasteiger partial charge in [-0.2, -0.15) is 26.3 Å². The zero-order valence-electron chi connectivity index (χ0n) is 15.6. The van der Waals surface area contributed by atoms with Crippen molar-refractivity contribution in [3.05, 3.63) is 35.4 Å². The van der Waals surface area contributed by atoms with Gasteiger partial charge in [-0.05, 0) is 43.4 Å². The Balaban J connectivity index is 1.84. The topological polar surface area (TPSA) is 23.6 Å². The maximum atomic E-state index is 12.8. The summed E-state index contributed by atoms with van der Waals surface area (Å²) in [6.45, 7) is 2.21. The van der Waals surface area contributed by atoms with Crippen LogP contribution in [0.3, 0.4) is 0 Å². The largest absolute Gasteiger partial charge is 0.416 e. The van der Waals surface area contributed by atoms with Gasteiger partial charge in [0, 0.05) is 26.7 Å². The average Bonchev–Trinajstić information content (AvgIpc) is 2.58. The zero-order valence-corrected chi connectivity index (χ0v) is 15.6. The van der Waals surface area contributed by atoms with Gasteiger partial charge in [0.05, 0.1) is 5.56 Å². The number of alkyl halides is 6. The monoisotopic (exact) mass is 410 g/mol. The first kappa shape index (κ1) is 22.5. The van der Waals surface area contributed by atoms with E-state index in [0.717, 1.165) is 36.4 Å².